The van der Waals surface area contributed by atoms with Gasteiger partial charge in [0.1, 0.15) is 5.75 Å². The predicted molar refractivity (Wildman–Crippen MR) is 93.7 cm³/mol. The van der Waals surface area contributed by atoms with Gasteiger partial charge in [0.2, 0.25) is 0 Å². The average Bonchev–Trinajstić information content (AvgIpc) is 3.06. The summed E-state index contributed by atoms with van der Waals surface area (Å²) in [7, 11) is 1.79. The fourth-order valence-corrected chi connectivity index (χ4v) is 2.90. The van der Waals surface area contributed by atoms with Gasteiger partial charge in [-0.2, -0.15) is 0 Å². The zero-order valence-electron chi connectivity index (χ0n) is 13.0. The van der Waals surface area contributed by atoms with E-state index >= 15 is 0 Å². The lowest BCUT2D eigenvalue weighted by atomic mass is 10.1. The fraction of sp³-hybridized carbons (Fsp3) is 0.353. The molecule has 1 aromatic heterocycles. The van der Waals surface area contributed by atoms with Crippen molar-refractivity contribution in [3.63, 3.8) is 0 Å². The fourth-order valence-electron chi connectivity index (χ4n) is 2.17. The molecule has 0 radical (unpaired) electrons. The van der Waals surface area contributed by atoms with Crippen LogP contribution in [0.3, 0.4) is 0 Å². The van der Waals surface area contributed by atoms with Crippen LogP contribution in [0.5, 0.6) is 5.75 Å². The molecule has 0 aliphatic heterocycles. The van der Waals surface area contributed by atoms with Gasteiger partial charge in [-0.15, -0.1) is 11.3 Å². The van der Waals surface area contributed by atoms with Crippen molar-refractivity contribution in [2.45, 2.75) is 25.8 Å². The number of hydrogen-bond acceptors (Lipinski definition) is 3. The molecule has 0 saturated heterocycles. The van der Waals surface area contributed by atoms with Crippen molar-refractivity contribution in [1.82, 2.24) is 10.6 Å². The third kappa shape index (κ3) is 5.07. The van der Waals surface area contributed by atoms with E-state index in [9.17, 15) is 5.11 Å². The minimum Gasteiger partial charge on any atom is -0.508 e. The van der Waals surface area contributed by atoms with E-state index in [4.69, 9.17) is 0 Å². The largest absolute Gasteiger partial charge is 0.508 e. The monoisotopic (exact) mass is 317 g/mol. The highest BCUT2D eigenvalue weighted by molar-refractivity contribution is 7.10. The summed E-state index contributed by atoms with van der Waals surface area (Å²) in [4.78, 5) is 5.56. The van der Waals surface area contributed by atoms with Crippen molar-refractivity contribution >= 4 is 17.3 Å². The van der Waals surface area contributed by atoms with Gasteiger partial charge in [0, 0.05) is 18.5 Å². The summed E-state index contributed by atoms with van der Waals surface area (Å²) in [5.41, 5.74) is 1.23. The zero-order valence-corrected chi connectivity index (χ0v) is 13.9. The minimum atomic E-state index is 0.253. The molecule has 0 bridgehead atoms. The maximum absolute atomic E-state index is 9.26. The molecule has 22 heavy (non-hydrogen) atoms. The highest BCUT2D eigenvalue weighted by atomic mass is 32.1. The van der Waals surface area contributed by atoms with Gasteiger partial charge in [0.25, 0.3) is 0 Å². The number of phenols is 1. The van der Waals surface area contributed by atoms with Crippen LogP contribution in [0.15, 0.2) is 46.8 Å². The van der Waals surface area contributed by atoms with E-state index in [0.717, 1.165) is 25.3 Å². The molecule has 1 aromatic carbocycles. The molecule has 5 heteroatoms. The maximum Gasteiger partial charge on any atom is 0.191 e. The highest BCUT2D eigenvalue weighted by Crippen LogP contribution is 2.17. The summed E-state index contributed by atoms with van der Waals surface area (Å²) in [6, 6.07) is 11.8. The molecule has 0 saturated carbocycles. The van der Waals surface area contributed by atoms with Crippen LogP contribution in [-0.2, 0) is 6.42 Å². The predicted octanol–water partition coefficient (Wildman–Crippen LogP) is 3.31. The SMILES string of the molecule is CN=C(NCCCc1ccc(O)cc1)NC(C)c1cccs1. The third-order valence-corrected chi connectivity index (χ3v) is 4.47. The maximum atomic E-state index is 9.26. The van der Waals surface area contributed by atoms with Crippen molar-refractivity contribution in [3.05, 3.63) is 52.2 Å². The lowest BCUT2D eigenvalue weighted by Crippen LogP contribution is -2.39. The Morgan fingerprint density at radius 3 is 2.68 bits per heavy atom. The summed E-state index contributed by atoms with van der Waals surface area (Å²) in [5, 5.41) is 18.1. The van der Waals surface area contributed by atoms with Crippen LogP contribution in [0, 0.1) is 0 Å². The number of thiophene rings is 1. The first-order valence-electron chi connectivity index (χ1n) is 7.47. The minimum absolute atomic E-state index is 0.253. The number of hydrogen-bond donors (Lipinski definition) is 3. The second kappa shape index (κ2) is 8.44. The number of guanidine groups is 1. The van der Waals surface area contributed by atoms with Crippen molar-refractivity contribution in [2.75, 3.05) is 13.6 Å². The smallest absolute Gasteiger partial charge is 0.191 e. The van der Waals surface area contributed by atoms with Crippen LogP contribution in [0.1, 0.15) is 29.8 Å². The number of benzene rings is 1. The summed E-state index contributed by atoms with van der Waals surface area (Å²) < 4.78 is 0. The van der Waals surface area contributed by atoms with Gasteiger partial charge >= 0.3 is 0 Å². The molecular weight excluding hydrogens is 294 g/mol. The molecule has 0 fully saturated rings. The highest BCUT2D eigenvalue weighted by Gasteiger charge is 2.07. The van der Waals surface area contributed by atoms with Crippen LogP contribution in [-0.4, -0.2) is 24.7 Å². The second-order valence-electron chi connectivity index (χ2n) is 5.15. The van der Waals surface area contributed by atoms with Gasteiger partial charge in [0.15, 0.2) is 5.96 Å². The normalized spacial score (nSPS) is 12.9. The van der Waals surface area contributed by atoms with Gasteiger partial charge in [0.05, 0.1) is 6.04 Å². The summed E-state index contributed by atoms with van der Waals surface area (Å²) in [6.07, 6.45) is 1.99. The van der Waals surface area contributed by atoms with E-state index in [1.54, 1.807) is 30.5 Å². The molecular formula is C17H23N3OS. The Morgan fingerprint density at radius 2 is 2.05 bits per heavy atom. The van der Waals surface area contributed by atoms with Crippen LogP contribution < -0.4 is 10.6 Å². The van der Waals surface area contributed by atoms with Gasteiger partial charge < -0.3 is 15.7 Å². The topological polar surface area (TPSA) is 56.7 Å². The Labute approximate surface area is 135 Å². The van der Waals surface area contributed by atoms with Crippen molar-refractivity contribution in [2.24, 2.45) is 4.99 Å². The summed E-state index contributed by atoms with van der Waals surface area (Å²) >= 11 is 1.74. The molecule has 2 aromatic rings. The van der Waals surface area contributed by atoms with Crippen LogP contribution in [0.4, 0.5) is 0 Å². The summed E-state index contributed by atoms with van der Waals surface area (Å²) in [5.74, 6) is 1.14. The number of nitrogens with one attached hydrogen (secondary N) is 2. The van der Waals surface area contributed by atoms with Crippen LogP contribution in [0.25, 0.3) is 0 Å². The van der Waals surface area contributed by atoms with E-state index in [-0.39, 0.29) is 6.04 Å². The Bertz CT molecular complexity index is 578. The average molecular weight is 317 g/mol. The van der Waals surface area contributed by atoms with Crippen molar-refractivity contribution in [3.8, 4) is 5.75 Å². The first kappa shape index (κ1) is 16.4. The van der Waals surface area contributed by atoms with Crippen LogP contribution >= 0.6 is 11.3 Å². The van der Waals surface area contributed by atoms with Gasteiger partial charge in [-0.3, -0.25) is 4.99 Å². The first-order chi connectivity index (χ1) is 10.7. The van der Waals surface area contributed by atoms with E-state index in [0.29, 0.717) is 5.75 Å². The standard InChI is InChI=1S/C17H23N3OS/c1-13(16-6-4-12-22-16)20-17(18-2)19-11-3-5-14-7-9-15(21)10-8-14/h4,6-10,12-13,21H,3,5,11H2,1-2H3,(H2,18,19,20). The molecule has 0 aliphatic rings. The molecule has 2 rings (SSSR count). The van der Waals surface area contributed by atoms with E-state index in [1.807, 2.05) is 12.1 Å². The molecule has 0 aliphatic carbocycles. The molecule has 1 heterocycles. The third-order valence-electron chi connectivity index (χ3n) is 3.42. The Hall–Kier alpha value is -2.01. The second-order valence-corrected chi connectivity index (χ2v) is 6.13. The first-order valence-corrected chi connectivity index (χ1v) is 8.35. The van der Waals surface area contributed by atoms with E-state index in [2.05, 4.69) is 40.1 Å². The Balaban J connectivity index is 1.71. The van der Waals surface area contributed by atoms with Crippen molar-refractivity contribution in [1.29, 1.82) is 0 Å². The van der Waals surface area contributed by atoms with Crippen molar-refractivity contribution < 1.29 is 5.11 Å². The number of aryl methyl sites for hydroxylation is 1. The molecule has 1 atom stereocenters. The molecule has 0 amide bonds. The lowest BCUT2D eigenvalue weighted by molar-refractivity contribution is 0.475. The lowest BCUT2D eigenvalue weighted by Gasteiger charge is -2.16. The molecule has 0 spiro atoms. The van der Waals surface area contributed by atoms with E-state index in [1.165, 1.54) is 10.4 Å². The van der Waals surface area contributed by atoms with Gasteiger partial charge in [-0.1, -0.05) is 18.2 Å². The molecule has 3 N–H and O–H groups in total. The number of nitrogens with zero attached hydrogens (tertiary/aromatic N) is 1. The molecule has 118 valence electrons. The molecule has 1 unspecified atom stereocenters. The Kier molecular flexibility index (Phi) is 6.27. The van der Waals surface area contributed by atoms with E-state index < -0.39 is 0 Å². The zero-order chi connectivity index (χ0) is 15.8. The summed E-state index contributed by atoms with van der Waals surface area (Å²) in [6.45, 7) is 2.99. The quantitative estimate of drug-likeness (QED) is 0.435. The number of phenolic OH excluding ortho intramolecular Hbond substituents is 1. The number of rotatable bonds is 6. The Morgan fingerprint density at radius 1 is 1.27 bits per heavy atom. The van der Waals surface area contributed by atoms with Crippen LogP contribution in [0.2, 0.25) is 0 Å². The molecule has 4 nitrogen and oxygen atoms in total. The van der Waals surface area contributed by atoms with Gasteiger partial charge in [-0.25, -0.2) is 0 Å². The number of aromatic hydroxyl groups is 1. The number of aliphatic imine (C=N–C) groups is 1. The van der Waals surface area contributed by atoms with Gasteiger partial charge in [-0.05, 0) is 48.9 Å².